The number of aryl methyl sites for hydroxylation is 1. The minimum absolute atomic E-state index is 0.430. The molecule has 4 aromatic rings. The van der Waals surface area contributed by atoms with E-state index in [1.165, 1.54) is 4.70 Å². The summed E-state index contributed by atoms with van der Waals surface area (Å²) in [4.78, 5) is 5.60. The average molecular weight is 270 g/mol. The molecule has 0 aliphatic carbocycles. The fraction of sp³-hybridized carbons (Fsp3) is 0.133. The number of thiazole rings is 1. The van der Waals surface area contributed by atoms with Crippen molar-refractivity contribution in [2.45, 2.75) is 13.6 Å². The van der Waals surface area contributed by atoms with E-state index in [1.54, 1.807) is 11.3 Å². The van der Waals surface area contributed by atoms with Gasteiger partial charge in [0.15, 0.2) is 4.96 Å². The van der Waals surface area contributed by atoms with E-state index in [1.807, 2.05) is 37.3 Å². The van der Waals surface area contributed by atoms with Crippen LogP contribution in [0.1, 0.15) is 11.1 Å². The Hall–Kier alpha value is -1.94. The van der Waals surface area contributed by atoms with Crippen LogP contribution in [0.4, 0.5) is 4.39 Å². The smallest absolute Gasteiger partial charge is 0.195 e. The van der Waals surface area contributed by atoms with Gasteiger partial charge in [-0.15, -0.1) is 0 Å². The Morgan fingerprint density at radius 3 is 2.89 bits per heavy atom. The van der Waals surface area contributed by atoms with Crippen LogP contribution < -0.4 is 0 Å². The molecule has 2 aromatic carbocycles. The molecule has 0 fully saturated rings. The van der Waals surface area contributed by atoms with Gasteiger partial charge in [-0.2, -0.15) is 0 Å². The molecule has 2 aromatic heterocycles. The van der Waals surface area contributed by atoms with Gasteiger partial charge < -0.3 is 0 Å². The summed E-state index contributed by atoms with van der Waals surface area (Å²) >= 11 is 1.66. The molecule has 4 heteroatoms. The summed E-state index contributed by atoms with van der Waals surface area (Å²) in [7, 11) is 0. The van der Waals surface area contributed by atoms with E-state index in [-0.39, 0.29) is 0 Å². The largest absolute Gasteiger partial charge is 0.283 e. The Morgan fingerprint density at radius 2 is 2.05 bits per heavy atom. The Kier molecular flexibility index (Phi) is 2.17. The van der Waals surface area contributed by atoms with Crippen LogP contribution in [0.25, 0.3) is 26.2 Å². The van der Waals surface area contributed by atoms with E-state index in [9.17, 15) is 4.39 Å². The van der Waals surface area contributed by atoms with Crippen LogP contribution in [0, 0.1) is 6.92 Å². The molecule has 0 N–H and O–H groups in total. The van der Waals surface area contributed by atoms with Crippen molar-refractivity contribution in [2.24, 2.45) is 0 Å². The van der Waals surface area contributed by atoms with Crippen LogP contribution in [0.2, 0.25) is 0 Å². The van der Waals surface area contributed by atoms with E-state index in [4.69, 9.17) is 0 Å². The molecule has 0 spiro atoms. The lowest BCUT2D eigenvalue weighted by Gasteiger charge is -2.01. The zero-order valence-corrected chi connectivity index (χ0v) is 11.2. The highest BCUT2D eigenvalue weighted by Gasteiger charge is 2.13. The van der Waals surface area contributed by atoms with Gasteiger partial charge in [0.25, 0.3) is 0 Å². The normalized spacial score (nSPS) is 11.9. The van der Waals surface area contributed by atoms with Crippen LogP contribution in [0.5, 0.6) is 0 Å². The van der Waals surface area contributed by atoms with Gasteiger partial charge in [-0.05, 0) is 36.2 Å². The zero-order chi connectivity index (χ0) is 13.0. The molecule has 2 heterocycles. The van der Waals surface area contributed by atoms with Crippen molar-refractivity contribution < 1.29 is 4.39 Å². The number of para-hydroxylation sites is 2. The van der Waals surface area contributed by atoms with Crippen molar-refractivity contribution in [1.82, 2.24) is 9.38 Å². The van der Waals surface area contributed by atoms with Gasteiger partial charge in [0, 0.05) is 0 Å². The minimum Gasteiger partial charge on any atom is -0.283 e. The van der Waals surface area contributed by atoms with Crippen molar-refractivity contribution in [3.8, 4) is 0 Å². The maximum atomic E-state index is 13.0. The number of imidazole rings is 1. The highest BCUT2D eigenvalue weighted by molar-refractivity contribution is 7.23. The molecule has 0 unspecified atom stereocenters. The van der Waals surface area contributed by atoms with E-state index < -0.39 is 6.67 Å². The number of rotatable bonds is 1. The summed E-state index contributed by atoms with van der Waals surface area (Å²) in [5.74, 6) is 0. The van der Waals surface area contributed by atoms with E-state index in [0.717, 1.165) is 32.6 Å². The van der Waals surface area contributed by atoms with Crippen LogP contribution >= 0.6 is 11.3 Å². The Bertz CT molecular complexity index is 920. The fourth-order valence-corrected chi connectivity index (χ4v) is 3.69. The van der Waals surface area contributed by atoms with E-state index in [0.29, 0.717) is 0 Å². The summed E-state index contributed by atoms with van der Waals surface area (Å²) in [6.07, 6.45) is 0. The molecule has 0 saturated heterocycles. The molecule has 0 radical (unpaired) electrons. The molecule has 94 valence electrons. The zero-order valence-electron chi connectivity index (χ0n) is 10.4. The monoisotopic (exact) mass is 270 g/mol. The molecule has 2 nitrogen and oxygen atoms in total. The second-order valence-corrected chi connectivity index (χ2v) is 5.69. The van der Waals surface area contributed by atoms with Crippen LogP contribution in [0.15, 0.2) is 36.4 Å². The molecule has 0 aliphatic rings. The molecular formula is C15H11FN2S. The maximum absolute atomic E-state index is 13.0. The quantitative estimate of drug-likeness (QED) is 0.498. The first-order chi connectivity index (χ1) is 9.28. The first-order valence-electron chi connectivity index (χ1n) is 6.13. The maximum Gasteiger partial charge on any atom is 0.195 e. The van der Waals surface area contributed by atoms with Gasteiger partial charge in [0.2, 0.25) is 0 Å². The molecule has 19 heavy (non-hydrogen) atoms. The van der Waals surface area contributed by atoms with Crippen LogP contribution in [-0.4, -0.2) is 9.38 Å². The Morgan fingerprint density at radius 1 is 1.21 bits per heavy atom. The molecule has 0 bridgehead atoms. The van der Waals surface area contributed by atoms with Gasteiger partial charge >= 0.3 is 0 Å². The van der Waals surface area contributed by atoms with Crippen LogP contribution in [0.3, 0.4) is 0 Å². The van der Waals surface area contributed by atoms with Gasteiger partial charge in [-0.1, -0.05) is 29.5 Å². The van der Waals surface area contributed by atoms with Gasteiger partial charge in [0.1, 0.15) is 6.67 Å². The third-order valence-corrected chi connectivity index (χ3v) is 4.63. The van der Waals surface area contributed by atoms with Crippen molar-refractivity contribution in [3.63, 3.8) is 0 Å². The number of nitrogens with zero attached hydrogens (tertiary/aromatic N) is 2. The fourth-order valence-electron chi connectivity index (χ4n) is 2.60. The third-order valence-electron chi connectivity index (χ3n) is 3.43. The molecule has 4 rings (SSSR count). The lowest BCUT2D eigenvalue weighted by atomic mass is 10.1. The molecule has 0 saturated carbocycles. The summed E-state index contributed by atoms with van der Waals surface area (Å²) in [6, 6.07) is 11.9. The predicted octanol–water partition coefficient (Wildman–Crippen LogP) is 4.48. The van der Waals surface area contributed by atoms with Crippen molar-refractivity contribution in [1.29, 1.82) is 0 Å². The number of fused-ring (bicyclic) bond motifs is 5. The number of halogens is 1. The number of aromatic nitrogens is 2. The summed E-state index contributed by atoms with van der Waals surface area (Å²) in [5.41, 5.74) is 4.96. The van der Waals surface area contributed by atoms with E-state index in [2.05, 4.69) is 15.5 Å². The highest BCUT2D eigenvalue weighted by atomic mass is 32.1. The first-order valence-corrected chi connectivity index (χ1v) is 6.95. The number of benzene rings is 2. The van der Waals surface area contributed by atoms with Gasteiger partial charge in [-0.3, -0.25) is 4.40 Å². The summed E-state index contributed by atoms with van der Waals surface area (Å²) < 4.78 is 16.3. The SMILES string of the molecule is Cc1cc(CF)cc2c1sc1nc3ccccc3n12. The van der Waals surface area contributed by atoms with Gasteiger partial charge in [-0.25, -0.2) is 9.37 Å². The average Bonchev–Trinajstić information content (AvgIpc) is 2.95. The number of hydrogen-bond acceptors (Lipinski definition) is 2. The molecule has 0 aliphatic heterocycles. The molecule has 0 atom stereocenters. The van der Waals surface area contributed by atoms with Crippen molar-refractivity contribution in [2.75, 3.05) is 0 Å². The molecule has 0 amide bonds. The topological polar surface area (TPSA) is 17.3 Å². The number of alkyl halides is 1. The lowest BCUT2D eigenvalue weighted by Crippen LogP contribution is -1.86. The first kappa shape index (κ1) is 10.9. The Balaban J connectivity index is 2.26. The second kappa shape index (κ2) is 3.78. The minimum atomic E-state index is -0.430. The Labute approximate surface area is 113 Å². The third kappa shape index (κ3) is 1.43. The summed E-state index contributed by atoms with van der Waals surface area (Å²) in [5, 5.41) is 0. The number of hydrogen-bond donors (Lipinski definition) is 0. The standard InChI is InChI=1S/C15H11FN2S/c1-9-6-10(8-16)7-13-14(9)19-15-17-11-4-2-3-5-12(11)18(13)15/h2-7H,8H2,1H3. The van der Waals surface area contributed by atoms with E-state index >= 15 is 0 Å². The predicted molar refractivity (Wildman–Crippen MR) is 77.6 cm³/mol. The lowest BCUT2D eigenvalue weighted by molar-refractivity contribution is 0.485. The summed E-state index contributed by atoms with van der Waals surface area (Å²) in [6.45, 7) is 1.60. The van der Waals surface area contributed by atoms with Crippen LogP contribution in [-0.2, 0) is 6.67 Å². The van der Waals surface area contributed by atoms with Crippen molar-refractivity contribution >= 4 is 37.5 Å². The van der Waals surface area contributed by atoms with Gasteiger partial charge in [0.05, 0.1) is 21.3 Å². The molecular weight excluding hydrogens is 259 g/mol. The highest BCUT2D eigenvalue weighted by Crippen LogP contribution is 2.33. The van der Waals surface area contributed by atoms with Crippen molar-refractivity contribution in [3.05, 3.63) is 47.5 Å². The second-order valence-electron chi connectivity index (χ2n) is 4.72.